The lowest BCUT2D eigenvalue weighted by Crippen LogP contribution is -2.57. The number of carbonyl (C=O) groups is 1. The van der Waals surface area contributed by atoms with Gasteiger partial charge in [0.05, 0.1) is 11.1 Å². The van der Waals surface area contributed by atoms with Crippen molar-refractivity contribution < 1.29 is 9.53 Å². The van der Waals surface area contributed by atoms with Gasteiger partial charge in [0.1, 0.15) is 12.6 Å². The average Bonchev–Trinajstić information content (AvgIpc) is 3.00. The summed E-state index contributed by atoms with van der Waals surface area (Å²) in [5.74, 6) is -0.207. The molecular weight excluding hydrogens is 300 g/mol. The van der Waals surface area contributed by atoms with Gasteiger partial charge in [0.25, 0.3) is 0 Å². The number of hydrogen-bond donors (Lipinski definition) is 1. The monoisotopic (exact) mass is 320 g/mol. The topological polar surface area (TPSA) is 50.7 Å². The number of piperidine rings is 1. The van der Waals surface area contributed by atoms with Crippen molar-refractivity contribution in [3.05, 3.63) is 65.7 Å². The Kier molecular flexibility index (Phi) is 3.90. The maximum Gasteiger partial charge on any atom is 0.324 e. The van der Waals surface area contributed by atoms with Crippen molar-refractivity contribution >= 4 is 17.9 Å². The number of fused-ring (bicyclic) bond motifs is 2. The van der Waals surface area contributed by atoms with Crippen molar-refractivity contribution in [2.24, 2.45) is 4.99 Å². The Labute approximate surface area is 141 Å². The largest absolute Gasteiger partial charge is 0.460 e. The molecule has 4 nitrogen and oxygen atoms in total. The van der Waals surface area contributed by atoms with Gasteiger partial charge in [-0.15, -0.1) is 0 Å². The summed E-state index contributed by atoms with van der Waals surface area (Å²) in [4.78, 5) is 17.4. The van der Waals surface area contributed by atoms with E-state index < -0.39 is 0 Å². The van der Waals surface area contributed by atoms with E-state index in [2.05, 4.69) is 16.4 Å². The molecule has 0 saturated carbocycles. The molecule has 1 spiro atoms. The fourth-order valence-electron chi connectivity index (χ4n) is 3.72. The summed E-state index contributed by atoms with van der Waals surface area (Å²) >= 11 is 0. The second-order valence-electron chi connectivity index (χ2n) is 6.40. The van der Waals surface area contributed by atoms with E-state index in [0.29, 0.717) is 6.61 Å². The van der Waals surface area contributed by atoms with Crippen LogP contribution in [0.2, 0.25) is 0 Å². The van der Waals surface area contributed by atoms with Gasteiger partial charge < -0.3 is 10.1 Å². The summed E-state index contributed by atoms with van der Waals surface area (Å²) < 4.78 is 5.61. The first-order chi connectivity index (χ1) is 11.8. The smallest absolute Gasteiger partial charge is 0.324 e. The minimum atomic E-state index is -0.387. The first kappa shape index (κ1) is 15.1. The summed E-state index contributed by atoms with van der Waals surface area (Å²) in [6.45, 7) is 1.12. The van der Waals surface area contributed by atoms with Gasteiger partial charge in [-0.3, -0.25) is 9.79 Å². The lowest BCUT2D eigenvalue weighted by Gasteiger charge is -2.39. The van der Waals surface area contributed by atoms with E-state index in [9.17, 15) is 4.79 Å². The number of aliphatic imine (C=N–C) groups is 1. The van der Waals surface area contributed by atoms with Crippen molar-refractivity contribution in [1.29, 1.82) is 0 Å². The molecule has 0 bridgehead atoms. The first-order valence-corrected chi connectivity index (χ1v) is 8.38. The van der Waals surface area contributed by atoms with Crippen LogP contribution in [0.15, 0.2) is 59.6 Å². The van der Waals surface area contributed by atoms with E-state index in [4.69, 9.17) is 4.74 Å². The predicted octanol–water partition coefficient (Wildman–Crippen LogP) is 3.14. The molecule has 2 atom stereocenters. The molecule has 0 amide bonds. The Morgan fingerprint density at radius 3 is 2.83 bits per heavy atom. The van der Waals surface area contributed by atoms with Crippen LogP contribution in [0.25, 0.3) is 0 Å². The number of rotatable bonds is 3. The molecule has 2 unspecified atom stereocenters. The van der Waals surface area contributed by atoms with Gasteiger partial charge in [0.15, 0.2) is 0 Å². The number of carbonyl (C=O) groups excluding carboxylic acids is 1. The van der Waals surface area contributed by atoms with Gasteiger partial charge in [0.2, 0.25) is 0 Å². The zero-order chi connectivity index (χ0) is 16.4. The van der Waals surface area contributed by atoms with Crippen LogP contribution >= 0.6 is 0 Å². The zero-order valence-electron chi connectivity index (χ0n) is 13.4. The number of ether oxygens (including phenoxy) is 1. The van der Waals surface area contributed by atoms with Crippen LogP contribution in [0, 0.1) is 0 Å². The molecule has 122 valence electrons. The fraction of sp³-hybridized carbons (Fsp3) is 0.300. The molecule has 0 aromatic heterocycles. The Hall–Kier alpha value is -2.46. The third kappa shape index (κ3) is 2.53. The molecule has 2 aliphatic rings. The molecule has 24 heavy (non-hydrogen) atoms. The fourth-order valence-corrected chi connectivity index (χ4v) is 3.72. The van der Waals surface area contributed by atoms with E-state index >= 15 is 0 Å². The molecule has 1 saturated heterocycles. The maximum absolute atomic E-state index is 12.8. The molecule has 4 rings (SSSR count). The molecule has 2 aliphatic heterocycles. The van der Waals surface area contributed by atoms with Crippen molar-refractivity contribution in [2.75, 3.05) is 6.54 Å². The molecular formula is C20H20N2O2. The van der Waals surface area contributed by atoms with Gasteiger partial charge in [-0.05, 0) is 36.6 Å². The summed E-state index contributed by atoms with van der Waals surface area (Å²) in [5, 5.41) is 3.36. The third-order valence-electron chi connectivity index (χ3n) is 4.93. The number of benzene rings is 2. The normalized spacial score (nSPS) is 24.8. The predicted molar refractivity (Wildman–Crippen MR) is 93.5 cm³/mol. The first-order valence-electron chi connectivity index (χ1n) is 8.38. The van der Waals surface area contributed by atoms with E-state index in [1.54, 1.807) is 0 Å². The van der Waals surface area contributed by atoms with Crippen LogP contribution in [-0.4, -0.2) is 24.8 Å². The highest BCUT2D eigenvalue weighted by atomic mass is 16.5. The van der Waals surface area contributed by atoms with E-state index in [-0.39, 0.29) is 17.4 Å². The SMILES string of the molecule is O=C(OCc1ccccc1)C1NCCCC12C=Nc1ccccc12. The molecule has 1 fully saturated rings. The molecule has 1 N–H and O–H groups in total. The maximum atomic E-state index is 12.8. The van der Waals surface area contributed by atoms with Crippen LogP contribution < -0.4 is 5.32 Å². The Morgan fingerprint density at radius 1 is 1.17 bits per heavy atom. The lowest BCUT2D eigenvalue weighted by atomic mass is 9.70. The van der Waals surface area contributed by atoms with Crippen molar-refractivity contribution in [3.8, 4) is 0 Å². The summed E-state index contributed by atoms with van der Waals surface area (Å²) in [6.07, 6.45) is 3.87. The summed E-state index contributed by atoms with van der Waals surface area (Å²) in [7, 11) is 0. The van der Waals surface area contributed by atoms with Crippen molar-refractivity contribution in [3.63, 3.8) is 0 Å². The van der Waals surface area contributed by atoms with Gasteiger partial charge >= 0.3 is 5.97 Å². The van der Waals surface area contributed by atoms with Crippen LogP contribution in [0.5, 0.6) is 0 Å². The highest BCUT2D eigenvalue weighted by Crippen LogP contribution is 2.43. The second-order valence-corrected chi connectivity index (χ2v) is 6.40. The number of nitrogens with one attached hydrogen (secondary N) is 1. The number of hydrogen-bond acceptors (Lipinski definition) is 4. The van der Waals surface area contributed by atoms with Gasteiger partial charge in [-0.2, -0.15) is 0 Å². The van der Waals surface area contributed by atoms with Crippen molar-refractivity contribution in [1.82, 2.24) is 5.32 Å². The van der Waals surface area contributed by atoms with Crippen LogP contribution in [-0.2, 0) is 21.6 Å². The Balaban J connectivity index is 1.57. The van der Waals surface area contributed by atoms with E-state index in [1.165, 1.54) is 0 Å². The van der Waals surface area contributed by atoms with Gasteiger partial charge in [-0.1, -0.05) is 48.5 Å². The quantitative estimate of drug-likeness (QED) is 0.884. The highest BCUT2D eigenvalue weighted by molar-refractivity contribution is 5.93. The molecule has 2 aromatic rings. The van der Waals surface area contributed by atoms with E-state index in [0.717, 1.165) is 36.2 Å². The van der Waals surface area contributed by atoms with Crippen LogP contribution in [0.3, 0.4) is 0 Å². The molecule has 0 radical (unpaired) electrons. The molecule has 0 aliphatic carbocycles. The number of esters is 1. The van der Waals surface area contributed by atoms with Gasteiger partial charge in [0, 0.05) is 6.21 Å². The second kappa shape index (κ2) is 6.21. The summed E-state index contributed by atoms with van der Waals surface area (Å²) in [5.41, 5.74) is 2.69. The molecule has 2 aromatic carbocycles. The van der Waals surface area contributed by atoms with Crippen LogP contribution in [0.1, 0.15) is 24.0 Å². The van der Waals surface area contributed by atoms with E-state index in [1.807, 2.05) is 54.7 Å². The number of nitrogens with zero attached hydrogens (tertiary/aromatic N) is 1. The zero-order valence-corrected chi connectivity index (χ0v) is 13.4. The van der Waals surface area contributed by atoms with Crippen LogP contribution in [0.4, 0.5) is 5.69 Å². The third-order valence-corrected chi connectivity index (χ3v) is 4.93. The Bertz CT molecular complexity index is 772. The standard InChI is InChI=1S/C20H20N2O2/c23-19(24-13-15-7-2-1-3-8-15)18-20(11-6-12-21-18)14-22-17-10-5-4-9-16(17)20/h1-5,7-10,14,18,21H,6,11-13H2. The van der Waals surface area contributed by atoms with Crippen molar-refractivity contribution in [2.45, 2.75) is 30.9 Å². The number of para-hydroxylation sites is 1. The van der Waals surface area contributed by atoms with Gasteiger partial charge in [-0.25, -0.2) is 0 Å². The molecule has 4 heteroatoms. The summed E-state index contributed by atoms with van der Waals surface area (Å²) in [6, 6.07) is 17.5. The molecule has 2 heterocycles. The Morgan fingerprint density at radius 2 is 1.96 bits per heavy atom. The highest BCUT2D eigenvalue weighted by Gasteiger charge is 2.49. The minimum absolute atomic E-state index is 0.207. The minimum Gasteiger partial charge on any atom is -0.460 e. The lowest BCUT2D eigenvalue weighted by molar-refractivity contribution is -0.149. The average molecular weight is 320 g/mol.